The fourth-order valence-electron chi connectivity index (χ4n) is 5.17. The van der Waals surface area contributed by atoms with Gasteiger partial charge in [0.25, 0.3) is 5.91 Å². The highest BCUT2D eigenvalue weighted by Crippen LogP contribution is 2.41. The molecule has 0 saturated carbocycles. The smallest absolute Gasteiger partial charge is 0.257 e. The van der Waals surface area contributed by atoms with Crippen LogP contribution in [0.25, 0.3) is 0 Å². The number of likely N-dealkylation sites (tertiary alicyclic amines) is 1. The van der Waals surface area contributed by atoms with Crippen molar-refractivity contribution in [2.45, 2.75) is 71.2 Å². The van der Waals surface area contributed by atoms with E-state index >= 15 is 0 Å². The van der Waals surface area contributed by atoms with E-state index in [1.165, 1.54) is 24.9 Å². The lowest BCUT2D eigenvalue weighted by Crippen LogP contribution is -2.62. The van der Waals surface area contributed by atoms with Crippen LogP contribution >= 0.6 is 0 Å². The Balaban J connectivity index is 1.59. The van der Waals surface area contributed by atoms with E-state index in [-0.39, 0.29) is 25.7 Å². The van der Waals surface area contributed by atoms with Gasteiger partial charge < -0.3 is 20.7 Å². The Labute approximate surface area is 245 Å². The minimum absolute atomic E-state index is 0.0759. The summed E-state index contributed by atoms with van der Waals surface area (Å²) in [6, 6.07) is 11.8. The van der Waals surface area contributed by atoms with Gasteiger partial charge >= 0.3 is 0 Å². The number of hydrogen-bond acceptors (Lipinski definition) is 6. The number of hydrogen-bond donors (Lipinski definition) is 2. The van der Waals surface area contributed by atoms with Gasteiger partial charge in [-0.05, 0) is 64.3 Å². The first-order valence-corrected chi connectivity index (χ1v) is 14.0. The Morgan fingerprint density at radius 1 is 1.07 bits per heavy atom. The summed E-state index contributed by atoms with van der Waals surface area (Å²) in [4.78, 5) is 42.4. The SMILES string of the molecule is CC(C)(N)C(=O)N[C@H](COCc1ccc(F)c(F)c1)C(=O)N1CCC2=NN(C(C)(C)C)C(=O)C2(Cc2ccccc2)C1. The quantitative estimate of drug-likeness (QED) is 0.471. The Hall–Kier alpha value is -3.70. The van der Waals surface area contributed by atoms with Crippen LogP contribution in [0.1, 0.15) is 52.2 Å². The van der Waals surface area contributed by atoms with E-state index in [0.29, 0.717) is 24.9 Å². The zero-order chi connectivity index (χ0) is 30.9. The van der Waals surface area contributed by atoms with Gasteiger partial charge in [-0.25, -0.2) is 13.8 Å². The van der Waals surface area contributed by atoms with Gasteiger partial charge in [0.05, 0.1) is 30.0 Å². The molecule has 0 spiro atoms. The molecule has 0 bridgehead atoms. The number of nitrogens with one attached hydrogen (secondary N) is 1. The normalized spacial score (nSPS) is 19.8. The number of ether oxygens (including phenoxy) is 1. The predicted molar refractivity (Wildman–Crippen MR) is 154 cm³/mol. The molecule has 2 heterocycles. The number of halogens is 2. The van der Waals surface area contributed by atoms with E-state index in [9.17, 15) is 23.2 Å². The van der Waals surface area contributed by atoms with Gasteiger partial charge in [-0.15, -0.1) is 0 Å². The number of hydrazone groups is 1. The summed E-state index contributed by atoms with van der Waals surface area (Å²) < 4.78 is 32.7. The molecule has 0 aromatic heterocycles. The van der Waals surface area contributed by atoms with Crippen LogP contribution < -0.4 is 11.1 Å². The maximum Gasteiger partial charge on any atom is 0.257 e. The van der Waals surface area contributed by atoms with Gasteiger partial charge in [0.1, 0.15) is 11.5 Å². The highest BCUT2D eigenvalue weighted by atomic mass is 19.2. The molecule has 3 amide bonds. The first kappa shape index (κ1) is 31.2. The number of fused-ring (bicyclic) bond motifs is 1. The molecule has 42 heavy (non-hydrogen) atoms. The summed E-state index contributed by atoms with van der Waals surface area (Å²) in [6.45, 7) is 8.78. The van der Waals surface area contributed by atoms with Gasteiger partial charge in [0.15, 0.2) is 11.6 Å². The fraction of sp³-hybridized carbons (Fsp3) is 0.484. The Morgan fingerprint density at radius 2 is 1.76 bits per heavy atom. The number of benzene rings is 2. The van der Waals surface area contributed by atoms with Gasteiger partial charge in [-0.3, -0.25) is 14.4 Å². The molecule has 2 aromatic carbocycles. The van der Waals surface area contributed by atoms with Crippen molar-refractivity contribution in [1.82, 2.24) is 15.2 Å². The predicted octanol–water partition coefficient (Wildman–Crippen LogP) is 3.16. The topological polar surface area (TPSA) is 117 Å². The third kappa shape index (κ3) is 6.68. The Morgan fingerprint density at radius 3 is 2.38 bits per heavy atom. The van der Waals surface area contributed by atoms with Crippen molar-refractivity contribution in [3.8, 4) is 0 Å². The van der Waals surface area contributed by atoms with Crippen LogP contribution in [0, 0.1) is 17.0 Å². The molecule has 2 aliphatic rings. The van der Waals surface area contributed by atoms with Crippen LogP contribution in [0.4, 0.5) is 8.78 Å². The van der Waals surface area contributed by atoms with E-state index in [0.717, 1.165) is 23.4 Å². The molecule has 9 nitrogen and oxygen atoms in total. The largest absolute Gasteiger partial charge is 0.374 e. The van der Waals surface area contributed by atoms with E-state index < -0.39 is 46.0 Å². The maximum atomic E-state index is 14.0. The van der Waals surface area contributed by atoms with Gasteiger partial charge in [-0.1, -0.05) is 36.4 Å². The maximum absolute atomic E-state index is 14.0. The van der Waals surface area contributed by atoms with Gasteiger partial charge in [0.2, 0.25) is 11.8 Å². The minimum Gasteiger partial charge on any atom is -0.374 e. The average molecular weight is 584 g/mol. The first-order chi connectivity index (χ1) is 19.6. The van der Waals surface area contributed by atoms with E-state index in [1.807, 2.05) is 51.1 Å². The van der Waals surface area contributed by atoms with Crippen molar-refractivity contribution in [3.63, 3.8) is 0 Å². The standard InChI is InChI=1S/C31H39F2N5O4/c1-29(2,3)38-28(41)31(16-20-9-7-6-8-10-20)19-37(14-13-25(31)36-38)26(39)24(35-27(40)30(4,5)34)18-42-17-21-11-12-22(32)23(33)15-21/h6-12,15,24H,13-14,16-19,34H2,1-5H3,(H,35,40)/t24-,31?/m1/s1. The molecule has 1 saturated heterocycles. The molecular formula is C31H39F2N5O4. The summed E-state index contributed by atoms with van der Waals surface area (Å²) in [5, 5.41) is 8.94. The third-order valence-corrected chi connectivity index (χ3v) is 7.48. The lowest BCUT2D eigenvalue weighted by atomic mass is 9.73. The monoisotopic (exact) mass is 583 g/mol. The molecule has 11 heteroatoms. The highest BCUT2D eigenvalue weighted by Gasteiger charge is 2.56. The highest BCUT2D eigenvalue weighted by molar-refractivity contribution is 6.14. The summed E-state index contributed by atoms with van der Waals surface area (Å²) in [5.41, 5.74) is 5.13. The number of piperidine rings is 1. The van der Waals surface area contributed by atoms with Crippen LogP contribution in [0.15, 0.2) is 53.6 Å². The van der Waals surface area contributed by atoms with E-state index in [1.54, 1.807) is 4.90 Å². The number of carbonyl (C=O) groups is 3. The number of amides is 3. The van der Waals surface area contributed by atoms with Crippen LogP contribution in [0.5, 0.6) is 0 Å². The van der Waals surface area contributed by atoms with E-state index in [4.69, 9.17) is 15.6 Å². The number of nitrogens with zero attached hydrogens (tertiary/aromatic N) is 3. The molecule has 1 fully saturated rings. The average Bonchev–Trinajstić information content (AvgIpc) is 3.21. The van der Waals surface area contributed by atoms with Crippen LogP contribution in [0.2, 0.25) is 0 Å². The van der Waals surface area contributed by atoms with Crippen molar-refractivity contribution >= 4 is 23.4 Å². The molecule has 2 atom stereocenters. The van der Waals surface area contributed by atoms with Gasteiger partial charge in [-0.2, -0.15) is 5.10 Å². The molecule has 0 aliphatic carbocycles. The minimum atomic E-state index is -1.27. The Kier molecular flexibility index (Phi) is 8.84. The van der Waals surface area contributed by atoms with Crippen LogP contribution in [-0.2, 0) is 32.1 Å². The Bertz CT molecular complexity index is 1370. The van der Waals surface area contributed by atoms with Crippen molar-refractivity contribution < 1.29 is 27.9 Å². The lowest BCUT2D eigenvalue weighted by Gasteiger charge is -2.41. The molecule has 3 N–H and O–H groups in total. The summed E-state index contributed by atoms with van der Waals surface area (Å²) >= 11 is 0. The second kappa shape index (κ2) is 11.9. The first-order valence-electron chi connectivity index (χ1n) is 14.0. The van der Waals surface area contributed by atoms with Crippen LogP contribution in [0.3, 0.4) is 0 Å². The second-order valence-electron chi connectivity index (χ2n) is 12.6. The summed E-state index contributed by atoms with van der Waals surface area (Å²) in [7, 11) is 0. The molecule has 2 aliphatic heterocycles. The van der Waals surface area contributed by atoms with Crippen LogP contribution in [-0.4, -0.2) is 70.2 Å². The number of nitrogens with two attached hydrogens (primary N) is 1. The molecule has 226 valence electrons. The van der Waals surface area contributed by atoms with Crippen molar-refractivity contribution in [1.29, 1.82) is 0 Å². The van der Waals surface area contributed by atoms with Crippen molar-refractivity contribution in [2.24, 2.45) is 16.3 Å². The third-order valence-electron chi connectivity index (χ3n) is 7.48. The molecular weight excluding hydrogens is 544 g/mol. The number of carbonyl (C=O) groups excluding carboxylic acids is 3. The molecule has 4 rings (SSSR count). The van der Waals surface area contributed by atoms with Crippen molar-refractivity contribution in [3.05, 3.63) is 71.3 Å². The molecule has 2 aromatic rings. The second-order valence-corrected chi connectivity index (χ2v) is 12.6. The summed E-state index contributed by atoms with van der Waals surface area (Å²) in [5.74, 6) is -3.17. The molecule has 1 unspecified atom stereocenters. The van der Waals surface area contributed by atoms with Gasteiger partial charge in [0, 0.05) is 19.5 Å². The van der Waals surface area contributed by atoms with E-state index in [2.05, 4.69) is 5.32 Å². The van der Waals surface area contributed by atoms with Crippen molar-refractivity contribution in [2.75, 3.05) is 19.7 Å². The number of rotatable bonds is 9. The molecule has 0 radical (unpaired) electrons. The fourth-order valence-corrected chi connectivity index (χ4v) is 5.17. The lowest BCUT2D eigenvalue weighted by molar-refractivity contribution is -0.146. The zero-order valence-electron chi connectivity index (χ0n) is 24.7. The summed E-state index contributed by atoms with van der Waals surface area (Å²) in [6.07, 6.45) is 0.747. The zero-order valence-corrected chi connectivity index (χ0v) is 24.7.